The van der Waals surface area contributed by atoms with Crippen LogP contribution in [0.5, 0.6) is 0 Å². The van der Waals surface area contributed by atoms with Gasteiger partial charge in [0.2, 0.25) is 0 Å². The third-order valence-corrected chi connectivity index (χ3v) is 4.09. The predicted molar refractivity (Wildman–Crippen MR) is 74.2 cm³/mol. The smallest absolute Gasteiger partial charge is 0.279 e. The minimum atomic E-state index is -3.40. The van der Waals surface area contributed by atoms with Crippen LogP contribution in [0.3, 0.4) is 0 Å². The van der Waals surface area contributed by atoms with Gasteiger partial charge in [0, 0.05) is 25.3 Å². The number of benzene rings is 1. The molecule has 0 spiro atoms. The first-order valence-corrected chi connectivity index (χ1v) is 7.52. The van der Waals surface area contributed by atoms with Crippen LogP contribution in [0.15, 0.2) is 24.3 Å². The minimum absolute atomic E-state index is 0.341. The molecule has 0 unspecified atom stereocenters. The van der Waals surface area contributed by atoms with Crippen molar-refractivity contribution in [3.63, 3.8) is 0 Å². The zero-order valence-corrected chi connectivity index (χ0v) is 11.7. The van der Waals surface area contributed by atoms with Gasteiger partial charge in [-0.3, -0.25) is 0 Å². The Morgan fingerprint density at radius 3 is 2.61 bits per heavy atom. The fourth-order valence-electron chi connectivity index (χ4n) is 1.70. The van der Waals surface area contributed by atoms with Gasteiger partial charge in [-0.2, -0.15) is 12.7 Å². The zero-order chi connectivity index (χ0) is 13.6. The molecule has 0 aliphatic rings. The summed E-state index contributed by atoms with van der Waals surface area (Å²) in [4.78, 5) is 0. The Labute approximate surface area is 109 Å². The highest BCUT2D eigenvalue weighted by molar-refractivity contribution is 7.87. The van der Waals surface area contributed by atoms with Crippen molar-refractivity contribution >= 4 is 15.9 Å². The number of nitrogens with two attached hydrogens (primary N) is 1. The molecule has 0 saturated heterocycles. The van der Waals surface area contributed by atoms with Gasteiger partial charge in [0.1, 0.15) is 0 Å². The lowest BCUT2D eigenvalue weighted by Crippen LogP contribution is -2.40. The maximum atomic E-state index is 12.0. The van der Waals surface area contributed by atoms with E-state index in [9.17, 15) is 8.42 Å². The van der Waals surface area contributed by atoms with E-state index >= 15 is 0 Å². The number of nitrogens with zero attached hydrogens (tertiary/aromatic N) is 1. The van der Waals surface area contributed by atoms with Gasteiger partial charge in [-0.25, -0.2) is 4.72 Å². The van der Waals surface area contributed by atoms with Crippen LogP contribution in [0, 0.1) is 0 Å². The summed E-state index contributed by atoms with van der Waals surface area (Å²) in [7, 11) is -3.40. The van der Waals surface area contributed by atoms with Crippen LogP contribution in [0.1, 0.15) is 25.8 Å². The molecule has 18 heavy (non-hydrogen) atoms. The molecule has 1 aromatic carbocycles. The van der Waals surface area contributed by atoms with E-state index in [4.69, 9.17) is 5.73 Å². The number of anilines is 1. The third kappa shape index (κ3) is 4.29. The lowest BCUT2D eigenvalue weighted by Gasteiger charge is -2.21. The van der Waals surface area contributed by atoms with E-state index in [1.165, 1.54) is 4.31 Å². The second-order valence-electron chi connectivity index (χ2n) is 4.08. The van der Waals surface area contributed by atoms with Gasteiger partial charge in [0.15, 0.2) is 0 Å². The number of hydrogen-bond donors (Lipinski definition) is 2. The molecule has 1 rings (SSSR count). The summed E-state index contributed by atoms with van der Waals surface area (Å²) >= 11 is 0. The van der Waals surface area contributed by atoms with Crippen LogP contribution >= 0.6 is 0 Å². The highest BCUT2D eigenvalue weighted by Crippen LogP contribution is 2.12. The van der Waals surface area contributed by atoms with Crippen LogP contribution in [0.25, 0.3) is 0 Å². The number of hydrogen-bond acceptors (Lipinski definition) is 3. The largest absolute Gasteiger partial charge is 0.399 e. The zero-order valence-electron chi connectivity index (χ0n) is 10.9. The summed E-state index contributed by atoms with van der Waals surface area (Å²) in [6.45, 7) is 4.94. The lowest BCUT2D eigenvalue weighted by molar-refractivity contribution is 0.398. The molecule has 102 valence electrons. The summed E-state index contributed by atoms with van der Waals surface area (Å²) in [5, 5.41) is 0. The van der Waals surface area contributed by atoms with Crippen LogP contribution < -0.4 is 10.5 Å². The maximum Gasteiger partial charge on any atom is 0.279 e. The number of rotatable bonds is 7. The van der Waals surface area contributed by atoms with E-state index in [0.29, 0.717) is 25.3 Å². The van der Waals surface area contributed by atoms with Crippen molar-refractivity contribution in [2.24, 2.45) is 0 Å². The SMILES string of the molecule is CCCN(Cc1cccc(N)c1)S(=O)(=O)NCC. The van der Waals surface area contributed by atoms with Crippen LogP contribution in [-0.2, 0) is 16.8 Å². The monoisotopic (exact) mass is 271 g/mol. The second kappa shape index (κ2) is 6.72. The van der Waals surface area contributed by atoms with Gasteiger partial charge in [-0.1, -0.05) is 26.0 Å². The highest BCUT2D eigenvalue weighted by atomic mass is 32.2. The fourth-order valence-corrected chi connectivity index (χ4v) is 2.99. The standard InChI is InChI=1S/C12H21N3O2S/c1-3-8-15(18(16,17)14-4-2)10-11-6-5-7-12(13)9-11/h5-7,9,14H,3-4,8,10,13H2,1-2H3. The van der Waals surface area contributed by atoms with E-state index in [1.54, 1.807) is 19.1 Å². The highest BCUT2D eigenvalue weighted by Gasteiger charge is 2.20. The molecular formula is C12H21N3O2S. The molecule has 0 radical (unpaired) electrons. The van der Waals surface area contributed by atoms with E-state index in [1.807, 2.05) is 19.1 Å². The molecule has 3 N–H and O–H groups in total. The fraction of sp³-hybridized carbons (Fsp3) is 0.500. The summed E-state index contributed by atoms with van der Waals surface area (Å²) in [5.41, 5.74) is 7.23. The van der Waals surface area contributed by atoms with Crippen molar-refractivity contribution in [3.8, 4) is 0 Å². The van der Waals surface area contributed by atoms with Crippen molar-refractivity contribution < 1.29 is 8.42 Å². The Bertz CT molecular complexity index is 474. The Morgan fingerprint density at radius 1 is 1.33 bits per heavy atom. The lowest BCUT2D eigenvalue weighted by atomic mass is 10.2. The maximum absolute atomic E-state index is 12.0. The second-order valence-corrected chi connectivity index (χ2v) is 5.84. The Hall–Kier alpha value is -1.11. The van der Waals surface area contributed by atoms with Gasteiger partial charge in [-0.05, 0) is 24.1 Å². The Morgan fingerprint density at radius 2 is 2.06 bits per heavy atom. The molecule has 0 aliphatic heterocycles. The topological polar surface area (TPSA) is 75.4 Å². The molecule has 0 aliphatic carbocycles. The van der Waals surface area contributed by atoms with E-state index in [-0.39, 0.29) is 0 Å². The average Bonchev–Trinajstić information content (AvgIpc) is 2.28. The molecule has 0 saturated carbocycles. The summed E-state index contributed by atoms with van der Waals surface area (Å²) in [6.07, 6.45) is 0.771. The first kappa shape index (κ1) is 14.9. The molecule has 0 amide bonds. The number of nitrogens with one attached hydrogen (secondary N) is 1. The molecule has 6 heteroatoms. The summed E-state index contributed by atoms with van der Waals surface area (Å²) in [5.74, 6) is 0. The van der Waals surface area contributed by atoms with Gasteiger partial charge in [0.05, 0.1) is 0 Å². The predicted octanol–water partition coefficient (Wildman–Crippen LogP) is 1.34. The van der Waals surface area contributed by atoms with Crippen molar-refractivity contribution in [1.29, 1.82) is 0 Å². The summed E-state index contributed by atoms with van der Waals surface area (Å²) < 4.78 is 27.9. The van der Waals surface area contributed by atoms with Gasteiger partial charge >= 0.3 is 0 Å². The van der Waals surface area contributed by atoms with E-state index < -0.39 is 10.2 Å². The molecule has 5 nitrogen and oxygen atoms in total. The molecule has 0 aromatic heterocycles. The van der Waals surface area contributed by atoms with Gasteiger partial charge in [0.25, 0.3) is 10.2 Å². The van der Waals surface area contributed by atoms with Crippen LogP contribution in [0.2, 0.25) is 0 Å². The van der Waals surface area contributed by atoms with Crippen molar-refractivity contribution in [3.05, 3.63) is 29.8 Å². The molecule has 0 fully saturated rings. The van der Waals surface area contributed by atoms with Gasteiger partial charge in [-0.15, -0.1) is 0 Å². The minimum Gasteiger partial charge on any atom is -0.399 e. The normalized spacial score (nSPS) is 11.9. The quantitative estimate of drug-likeness (QED) is 0.735. The number of nitrogen functional groups attached to an aromatic ring is 1. The van der Waals surface area contributed by atoms with Crippen molar-refractivity contribution in [2.45, 2.75) is 26.8 Å². The first-order valence-electron chi connectivity index (χ1n) is 6.08. The average molecular weight is 271 g/mol. The Kier molecular flexibility index (Phi) is 5.58. The first-order chi connectivity index (χ1) is 8.49. The molecule has 0 heterocycles. The summed E-state index contributed by atoms with van der Waals surface area (Å²) in [6, 6.07) is 7.28. The van der Waals surface area contributed by atoms with Crippen molar-refractivity contribution in [2.75, 3.05) is 18.8 Å². The molecule has 0 bridgehead atoms. The van der Waals surface area contributed by atoms with E-state index in [2.05, 4.69) is 4.72 Å². The van der Waals surface area contributed by atoms with Crippen LogP contribution in [-0.4, -0.2) is 25.8 Å². The third-order valence-electron chi connectivity index (χ3n) is 2.45. The van der Waals surface area contributed by atoms with Crippen LogP contribution in [0.4, 0.5) is 5.69 Å². The Balaban J connectivity index is 2.87. The van der Waals surface area contributed by atoms with Crippen molar-refractivity contribution in [1.82, 2.24) is 9.03 Å². The van der Waals surface area contributed by atoms with Gasteiger partial charge < -0.3 is 5.73 Å². The molecule has 0 atom stereocenters. The van der Waals surface area contributed by atoms with E-state index in [0.717, 1.165) is 12.0 Å². The molecule has 1 aromatic rings. The molecular weight excluding hydrogens is 250 g/mol.